The van der Waals surface area contributed by atoms with Crippen LogP contribution in [0.4, 0.5) is 4.39 Å². The molecule has 0 aromatic heterocycles. The molecular weight excluding hydrogens is 617 g/mol. The van der Waals surface area contributed by atoms with Crippen molar-refractivity contribution in [3.63, 3.8) is 0 Å². The number of phenolic OH excluding ortho intramolecular Hbond substituents is 2. The monoisotopic (exact) mass is 663 g/mol. The Balaban J connectivity index is 1.43. The van der Waals surface area contributed by atoms with E-state index in [-0.39, 0.29) is 42.7 Å². The van der Waals surface area contributed by atoms with Crippen LogP contribution in [0.5, 0.6) is 11.5 Å². The highest BCUT2D eigenvalue weighted by Gasteiger charge is 2.48. The molecular formula is C34H46FNO11. The van der Waals surface area contributed by atoms with Crippen LogP contribution in [-0.2, 0) is 36.6 Å². The Morgan fingerprint density at radius 1 is 1.11 bits per heavy atom. The molecule has 2 aromatic carbocycles. The fraction of sp³-hybridized carbons (Fsp3) is 0.588. The molecule has 2 aromatic rings. The lowest BCUT2D eigenvalue weighted by Crippen LogP contribution is -2.59. The fourth-order valence-corrected chi connectivity index (χ4v) is 6.31. The summed E-state index contributed by atoms with van der Waals surface area (Å²) in [7, 11) is 2.69. The summed E-state index contributed by atoms with van der Waals surface area (Å²) in [6.07, 6.45) is -7.59. The lowest BCUT2D eigenvalue weighted by atomic mass is 9.73. The number of rotatable bonds is 12. The summed E-state index contributed by atoms with van der Waals surface area (Å²) in [5, 5.41) is 56.4. The van der Waals surface area contributed by atoms with Gasteiger partial charge in [0.25, 0.3) is 5.91 Å². The molecule has 0 saturated carbocycles. The molecule has 1 fully saturated rings. The Morgan fingerprint density at radius 2 is 1.77 bits per heavy atom. The first-order valence-corrected chi connectivity index (χ1v) is 15.6. The number of benzene rings is 2. The molecule has 1 saturated heterocycles. The number of fused-ring (bicyclic) bond motifs is 1. The molecule has 1 amide bonds. The molecule has 0 unspecified atom stereocenters. The van der Waals surface area contributed by atoms with Gasteiger partial charge >= 0.3 is 5.97 Å². The van der Waals surface area contributed by atoms with Gasteiger partial charge in [-0.05, 0) is 35.7 Å². The second kappa shape index (κ2) is 14.8. The first-order chi connectivity index (χ1) is 22.1. The number of amides is 1. The van der Waals surface area contributed by atoms with Crippen LogP contribution < -0.4 is 5.32 Å². The van der Waals surface area contributed by atoms with E-state index in [1.165, 1.54) is 38.5 Å². The first kappa shape index (κ1) is 36.5. The van der Waals surface area contributed by atoms with E-state index >= 15 is 0 Å². The van der Waals surface area contributed by atoms with Crippen molar-refractivity contribution in [1.29, 1.82) is 0 Å². The highest BCUT2D eigenvalue weighted by Crippen LogP contribution is 2.42. The Labute approximate surface area is 273 Å². The van der Waals surface area contributed by atoms with Gasteiger partial charge in [-0.15, -0.1) is 0 Å². The third-order valence-corrected chi connectivity index (χ3v) is 9.82. The summed E-state index contributed by atoms with van der Waals surface area (Å²) in [5.74, 6) is -3.11. The van der Waals surface area contributed by atoms with Crippen molar-refractivity contribution in [1.82, 2.24) is 5.32 Å². The van der Waals surface area contributed by atoms with Gasteiger partial charge in [-0.1, -0.05) is 32.9 Å². The summed E-state index contributed by atoms with van der Waals surface area (Å²) in [4.78, 5) is 25.9. The lowest BCUT2D eigenvalue weighted by Gasteiger charge is -2.48. The molecule has 260 valence electrons. The van der Waals surface area contributed by atoms with Crippen molar-refractivity contribution in [2.45, 2.75) is 102 Å². The van der Waals surface area contributed by atoms with E-state index in [2.05, 4.69) is 5.32 Å². The lowest BCUT2D eigenvalue weighted by molar-refractivity contribution is -0.217. The van der Waals surface area contributed by atoms with E-state index < -0.39 is 78.0 Å². The van der Waals surface area contributed by atoms with Gasteiger partial charge in [0.2, 0.25) is 0 Å². The largest absolute Gasteiger partial charge is 0.508 e. The standard InChI is InChI=1S/C34H46FNO11/c1-16-20-12-24(47-33(43)29(20)23(39)13-21(16)37)17(2)22(38)14-28-34(3,4)27(40)15-26(46-28)32(45-6)36-31(42)30(41)25(44-5)11-18-7-9-19(35)10-8-18/h7-10,13,17,22,24-28,30,32,37-41H,11-12,14-15H2,1-6H3,(H,36,42)/t17-,22+,24-,25+,26+,27-,28-,30+,32+/m1/s1. The van der Waals surface area contributed by atoms with Gasteiger partial charge in [-0.2, -0.15) is 0 Å². The van der Waals surface area contributed by atoms with Crippen molar-refractivity contribution in [3.05, 3.63) is 58.4 Å². The maximum Gasteiger partial charge on any atom is 0.342 e. The third-order valence-electron chi connectivity index (χ3n) is 9.82. The predicted molar refractivity (Wildman–Crippen MR) is 166 cm³/mol. The number of phenols is 2. The number of hydrogen-bond acceptors (Lipinski definition) is 11. The Bertz CT molecular complexity index is 1420. The van der Waals surface area contributed by atoms with Crippen LogP contribution in [0.3, 0.4) is 0 Å². The van der Waals surface area contributed by atoms with Gasteiger partial charge in [-0.3, -0.25) is 4.79 Å². The minimum Gasteiger partial charge on any atom is -0.508 e. The molecule has 0 radical (unpaired) electrons. The molecule has 47 heavy (non-hydrogen) atoms. The summed E-state index contributed by atoms with van der Waals surface area (Å²) >= 11 is 0. The number of aliphatic hydroxyl groups excluding tert-OH is 3. The van der Waals surface area contributed by atoms with Gasteiger partial charge < -0.3 is 49.8 Å². The van der Waals surface area contributed by atoms with E-state index in [4.69, 9.17) is 18.9 Å². The van der Waals surface area contributed by atoms with E-state index in [0.717, 1.165) is 6.07 Å². The highest BCUT2D eigenvalue weighted by molar-refractivity contribution is 5.96. The second-order valence-corrected chi connectivity index (χ2v) is 13.2. The molecule has 2 heterocycles. The van der Waals surface area contributed by atoms with Crippen LogP contribution in [0.25, 0.3) is 0 Å². The smallest absolute Gasteiger partial charge is 0.342 e. The minimum absolute atomic E-state index is 0.00833. The maximum atomic E-state index is 13.3. The molecule has 9 atom stereocenters. The number of carbonyl (C=O) groups excluding carboxylic acids is 2. The molecule has 0 bridgehead atoms. The quantitative estimate of drug-likeness (QED) is 0.145. The van der Waals surface area contributed by atoms with Crippen molar-refractivity contribution < 1.29 is 58.5 Å². The van der Waals surface area contributed by atoms with E-state index in [0.29, 0.717) is 16.7 Å². The number of nitrogens with one attached hydrogen (secondary N) is 1. The van der Waals surface area contributed by atoms with Crippen LogP contribution in [0.2, 0.25) is 0 Å². The zero-order valence-corrected chi connectivity index (χ0v) is 27.5. The summed E-state index contributed by atoms with van der Waals surface area (Å²) in [5.41, 5.74) is 0.699. The number of esters is 1. The van der Waals surface area contributed by atoms with Crippen molar-refractivity contribution >= 4 is 11.9 Å². The zero-order valence-electron chi connectivity index (χ0n) is 27.5. The molecule has 13 heteroatoms. The molecule has 0 aliphatic carbocycles. The number of carbonyl (C=O) groups is 2. The Morgan fingerprint density at radius 3 is 2.38 bits per heavy atom. The van der Waals surface area contributed by atoms with Crippen molar-refractivity contribution in [2.75, 3.05) is 14.2 Å². The normalized spacial score (nSPS) is 25.5. The Hall–Kier alpha value is -3.33. The van der Waals surface area contributed by atoms with Gasteiger partial charge in [0.15, 0.2) is 12.3 Å². The number of aliphatic hydroxyl groups is 3. The molecule has 6 N–H and O–H groups in total. The predicted octanol–water partition coefficient (Wildman–Crippen LogP) is 2.27. The van der Waals surface area contributed by atoms with Crippen molar-refractivity contribution in [2.24, 2.45) is 11.3 Å². The molecule has 0 spiro atoms. The summed E-state index contributed by atoms with van der Waals surface area (Å²) in [6, 6.07) is 6.71. The van der Waals surface area contributed by atoms with Crippen LogP contribution in [0, 0.1) is 24.1 Å². The van der Waals surface area contributed by atoms with Crippen molar-refractivity contribution in [3.8, 4) is 11.5 Å². The van der Waals surface area contributed by atoms with E-state index in [1.807, 2.05) is 0 Å². The summed E-state index contributed by atoms with van der Waals surface area (Å²) in [6.45, 7) is 6.94. The molecule has 12 nitrogen and oxygen atoms in total. The average Bonchev–Trinajstić information content (AvgIpc) is 3.03. The average molecular weight is 664 g/mol. The Kier molecular flexibility index (Phi) is 11.5. The van der Waals surface area contributed by atoms with E-state index in [1.54, 1.807) is 27.7 Å². The zero-order chi connectivity index (χ0) is 34.8. The summed E-state index contributed by atoms with van der Waals surface area (Å²) < 4.78 is 36.1. The minimum atomic E-state index is -1.61. The molecule has 2 aliphatic heterocycles. The number of methoxy groups -OCH3 is 2. The van der Waals surface area contributed by atoms with Crippen LogP contribution in [-0.4, -0.2) is 101 Å². The number of hydrogen-bond donors (Lipinski definition) is 6. The number of halogens is 1. The van der Waals surface area contributed by atoms with Gasteiger partial charge in [0.1, 0.15) is 35.1 Å². The van der Waals surface area contributed by atoms with E-state index in [9.17, 15) is 39.5 Å². The fourth-order valence-electron chi connectivity index (χ4n) is 6.31. The van der Waals surface area contributed by atoms with Gasteiger partial charge in [0, 0.05) is 57.3 Å². The van der Waals surface area contributed by atoms with Gasteiger partial charge in [0.05, 0.1) is 24.4 Å². The maximum absolute atomic E-state index is 13.3. The van der Waals surface area contributed by atoms with Crippen LogP contribution >= 0.6 is 0 Å². The number of cyclic esters (lactones) is 1. The second-order valence-electron chi connectivity index (χ2n) is 13.2. The highest BCUT2D eigenvalue weighted by atomic mass is 19.1. The molecule has 4 rings (SSSR count). The third kappa shape index (κ3) is 7.87. The number of ether oxygens (including phenoxy) is 4. The molecule has 2 aliphatic rings. The SMILES string of the molecule is CO[C@@H](Cc1ccc(F)cc1)[C@H](O)C(=O)N[C@@H](OC)[C@@H]1C[C@@H](O)C(C)(C)[C@@H](C[C@H](O)[C@@H](C)[C@H]2Cc3c(C)c(O)cc(O)c3C(=O)O2)O1. The van der Waals surface area contributed by atoms with Gasteiger partial charge in [-0.25, -0.2) is 9.18 Å². The topological polar surface area (TPSA) is 184 Å². The van der Waals surface area contributed by atoms with Crippen LogP contribution in [0.15, 0.2) is 30.3 Å². The number of aromatic hydroxyl groups is 2. The first-order valence-electron chi connectivity index (χ1n) is 15.6. The van der Waals surface area contributed by atoms with Crippen LogP contribution in [0.1, 0.15) is 60.7 Å².